The molecule has 0 amide bonds. The number of halogens is 1. The quantitative estimate of drug-likeness (QED) is 0.706. The van der Waals surface area contributed by atoms with Gasteiger partial charge < -0.3 is 4.42 Å². The normalized spacial score (nSPS) is 12.7. The van der Waals surface area contributed by atoms with E-state index < -0.39 is 0 Å². The molecule has 0 fully saturated rings. The summed E-state index contributed by atoms with van der Waals surface area (Å²) in [5.74, 6) is 0.886. The van der Waals surface area contributed by atoms with Crippen molar-refractivity contribution < 1.29 is 4.42 Å². The van der Waals surface area contributed by atoms with Crippen LogP contribution in [0, 0.1) is 5.41 Å². The molecule has 1 aromatic rings. The molecule has 0 saturated carbocycles. The number of rotatable bonds is 1. The Hall–Kier alpha value is -0.500. The first-order chi connectivity index (χ1) is 5.47. The molecule has 0 bridgehead atoms. The smallest absolute Gasteiger partial charge is 0.169 e. The minimum absolute atomic E-state index is 0.208. The Morgan fingerprint density at radius 2 is 2.00 bits per heavy atom. The minimum atomic E-state index is 0.208. The van der Waals surface area contributed by atoms with Gasteiger partial charge in [-0.15, -0.1) is 0 Å². The van der Waals surface area contributed by atoms with Crippen LogP contribution >= 0.6 is 15.9 Å². The highest BCUT2D eigenvalue weighted by Gasteiger charge is 2.04. The molecule has 1 rings (SSSR count). The molecule has 12 heavy (non-hydrogen) atoms. The maximum atomic E-state index is 5.31. The minimum Gasteiger partial charge on any atom is -0.450 e. The highest BCUT2D eigenvalue weighted by Crippen LogP contribution is 2.19. The third kappa shape index (κ3) is 3.26. The van der Waals surface area contributed by atoms with Gasteiger partial charge in [0.1, 0.15) is 5.76 Å². The summed E-state index contributed by atoms with van der Waals surface area (Å²) in [6, 6.07) is 3.83. The van der Waals surface area contributed by atoms with Gasteiger partial charge in [0, 0.05) is 0 Å². The second-order valence-electron chi connectivity index (χ2n) is 3.84. The van der Waals surface area contributed by atoms with Gasteiger partial charge in [0.2, 0.25) is 0 Å². The van der Waals surface area contributed by atoms with Gasteiger partial charge in [0.25, 0.3) is 0 Å². The summed E-state index contributed by atoms with van der Waals surface area (Å²) in [5.41, 5.74) is 0.208. The van der Waals surface area contributed by atoms with E-state index in [-0.39, 0.29) is 5.41 Å². The molecule has 1 aromatic heterocycles. The molecule has 0 aromatic carbocycles. The average molecular weight is 229 g/mol. The maximum Gasteiger partial charge on any atom is 0.169 e. The lowest BCUT2D eigenvalue weighted by Gasteiger charge is -2.10. The third-order valence-electron chi connectivity index (χ3n) is 1.34. The van der Waals surface area contributed by atoms with E-state index in [1.807, 2.05) is 18.2 Å². The van der Waals surface area contributed by atoms with Crippen LogP contribution in [-0.2, 0) is 0 Å². The van der Waals surface area contributed by atoms with Crippen LogP contribution in [0.2, 0.25) is 0 Å². The van der Waals surface area contributed by atoms with E-state index in [4.69, 9.17) is 4.42 Å². The Morgan fingerprint density at radius 3 is 2.42 bits per heavy atom. The molecule has 0 radical (unpaired) electrons. The summed E-state index contributed by atoms with van der Waals surface area (Å²) in [5, 5.41) is 0. The van der Waals surface area contributed by atoms with Gasteiger partial charge in [-0.2, -0.15) is 0 Å². The van der Waals surface area contributed by atoms with E-state index in [0.29, 0.717) is 0 Å². The molecule has 1 nitrogen and oxygen atoms in total. The zero-order valence-corrected chi connectivity index (χ0v) is 9.18. The molecular weight excluding hydrogens is 216 g/mol. The van der Waals surface area contributed by atoms with E-state index in [1.54, 1.807) is 0 Å². The van der Waals surface area contributed by atoms with E-state index >= 15 is 0 Å². The fourth-order valence-electron chi connectivity index (χ4n) is 0.750. The second kappa shape index (κ2) is 3.48. The topological polar surface area (TPSA) is 13.1 Å². The van der Waals surface area contributed by atoms with E-state index in [9.17, 15) is 0 Å². The first kappa shape index (κ1) is 9.59. The van der Waals surface area contributed by atoms with Crippen molar-refractivity contribution in [3.8, 4) is 0 Å². The molecule has 0 saturated heterocycles. The predicted molar refractivity (Wildman–Crippen MR) is 54.9 cm³/mol. The van der Waals surface area contributed by atoms with Crippen molar-refractivity contribution in [1.82, 2.24) is 0 Å². The maximum absolute atomic E-state index is 5.31. The molecular formula is C10H13BrO. The van der Waals surface area contributed by atoms with Gasteiger partial charge in [0.15, 0.2) is 4.67 Å². The molecule has 0 atom stereocenters. The van der Waals surface area contributed by atoms with Crippen molar-refractivity contribution in [3.05, 3.63) is 28.6 Å². The summed E-state index contributed by atoms with van der Waals surface area (Å²) in [6.45, 7) is 6.46. The Morgan fingerprint density at radius 1 is 1.33 bits per heavy atom. The van der Waals surface area contributed by atoms with E-state index in [1.165, 1.54) is 0 Å². The highest BCUT2D eigenvalue weighted by atomic mass is 79.9. The molecule has 2 heteroatoms. The van der Waals surface area contributed by atoms with Crippen molar-refractivity contribution >= 4 is 22.0 Å². The van der Waals surface area contributed by atoms with Gasteiger partial charge in [0.05, 0.1) is 0 Å². The third-order valence-corrected chi connectivity index (χ3v) is 1.77. The molecule has 0 N–H and O–H groups in total. The highest BCUT2D eigenvalue weighted by molar-refractivity contribution is 9.10. The Bertz CT molecular complexity index is 278. The molecule has 1 heterocycles. The van der Waals surface area contributed by atoms with E-state index in [0.717, 1.165) is 10.4 Å². The average Bonchev–Trinajstić information content (AvgIpc) is 2.30. The lowest BCUT2D eigenvalue weighted by atomic mass is 9.96. The molecule has 0 aliphatic carbocycles. The summed E-state index contributed by atoms with van der Waals surface area (Å²) < 4.78 is 6.08. The van der Waals surface area contributed by atoms with Crippen LogP contribution in [0.3, 0.4) is 0 Å². The second-order valence-corrected chi connectivity index (χ2v) is 4.62. The fourth-order valence-corrected chi connectivity index (χ4v) is 1.07. The molecule has 0 spiro atoms. The lowest BCUT2D eigenvalue weighted by molar-refractivity contribution is 0.523. The van der Waals surface area contributed by atoms with Gasteiger partial charge in [-0.3, -0.25) is 0 Å². The standard InChI is InChI=1S/C10H13BrO/c1-10(2,3)7-6-8-4-5-9(11)12-8/h4-7H,1-3H3/b7-6+. The zero-order chi connectivity index (χ0) is 9.19. The van der Waals surface area contributed by atoms with Crippen LogP contribution in [0.5, 0.6) is 0 Å². The SMILES string of the molecule is CC(C)(C)/C=C/c1ccc(Br)o1. The van der Waals surface area contributed by atoms with Gasteiger partial charge in [-0.05, 0) is 39.6 Å². The number of hydrogen-bond acceptors (Lipinski definition) is 1. The Balaban J connectivity index is 2.70. The van der Waals surface area contributed by atoms with Crippen LogP contribution in [-0.4, -0.2) is 0 Å². The largest absolute Gasteiger partial charge is 0.450 e. The number of allylic oxidation sites excluding steroid dienone is 1. The zero-order valence-electron chi connectivity index (χ0n) is 7.60. The van der Waals surface area contributed by atoms with Crippen LogP contribution in [0.4, 0.5) is 0 Å². The van der Waals surface area contributed by atoms with Crippen molar-refractivity contribution in [2.75, 3.05) is 0 Å². The van der Waals surface area contributed by atoms with Gasteiger partial charge >= 0.3 is 0 Å². The first-order valence-corrected chi connectivity index (χ1v) is 4.71. The molecule has 0 aliphatic heterocycles. The van der Waals surface area contributed by atoms with Crippen molar-refractivity contribution in [2.24, 2.45) is 5.41 Å². The van der Waals surface area contributed by atoms with Crippen molar-refractivity contribution in [1.29, 1.82) is 0 Å². The predicted octanol–water partition coefficient (Wildman–Crippen LogP) is 4.10. The van der Waals surface area contributed by atoms with Gasteiger partial charge in [-0.25, -0.2) is 0 Å². The summed E-state index contributed by atoms with van der Waals surface area (Å²) in [6.07, 6.45) is 4.11. The fraction of sp³-hybridized carbons (Fsp3) is 0.400. The number of hydrogen-bond donors (Lipinski definition) is 0. The number of furan rings is 1. The summed E-state index contributed by atoms with van der Waals surface area (Å²) in [4.78, 5) is 0. The summed E-state index contributed by atoms with van der Waals surface area (Å²) >= 11 is 3.25. The van der Waals surface area contributed by atoms with Crippen LogP contribution < -0.4 is 0 Å². The Kier molecular flexibility index (Phi) is 2.78. The van der Waals surface area contributed by atoms with Crippen LogP contribution in [0.25, 0.3) is 6.08 Å². The van der Waals surface area contributed by atoms with E-state index in [2.05, 4.69) is 42.8 Å². The monoisotopic (exact) mass is 228 g/mol. The van der Waals surface area contributed by atoms with Crippen molar-refractivity contribution in [2.45, 2.75) is 20.8 Å². The molecule has 0 unspecified atom stereocenters. The van der Waals surface area contributed by atoms with Crippen LogP contribution in [0.1, 0.15) is 26.5 Å². The van der Waals surface area contributed by atoms with Gasteiger partial charge in [-0.1, -0.05) is 26.8 Å². The molecule has 66 valence electrons. The molecule has 0 aliphatic rings. The summed E-state index contributed by atoms with van der Waals surface area (Å²) in [7, 11) is 0. The van der Waals surface area contributed by atoms with Crippen molar-refractivity contribution in [3.63, 3.8) is 0 Å². The first-order valence-electron chi connectivity index (χ1n) is 3.92. The van der Waals surface area contributed by atoms with Crippen LogP contribution in [0.15, 0.2) is 27.3 Å². The lowest BCUT2D eigenvalue weighted by Crippen LogP contribution is -1.97. The Labute approximate surface area is 81.6 Å².